The highest BCUT2D eigenvalue weighted by Gasteiger charge is 2.40. The van der Waals surface area contributed by atoms with Gasteiger partial charge in [0.05, 0.1) is 72.9 Å². The first-order valence-corrected chi connectivity index (χ1v) is 21.2. The van der Waals surface area contributed by atoms with Crippen molar-refractivity contribution in [3.05, 3.63) is 191 Å². The molecule has 0 aliphatic heterocycles. The van der Waals surface area contributed by atoms with E-state index in [0.717, 1.165) is 18.2 Å². The van der Waals surface area contributed by atoms with Crippen LogP contribution in [0.2, 0.25) is 0 Å². The van der Waals surface area contributed by atoms with E-state index in [2.05, 4.69) is 6.07 Å². The Labute approximate surface area is 395 Å². The molecule has 0 spiro atoms. The highest BCUT2D eigenvalue weighted by atomic mass is 19.4. The molecule has 0 fully saturated rings. The molecule has 0 aliphatic carbocycles. The summed E-state index contributed by atoms with van der Waals surface area (Å²) >= 11 is 0. The Morgan fingerprint density at radius 2 is 0.736 bits per heavy atom. The zero-order valence-corrected chi connectivity index (χ0v) is 36.0. The van der Waals surface area contributed by atoms with Crippen LogP contribution in [0.15, 0.2) is 158 Å². The van der Waals surface area contributed by atoms with Crippen molar-refractivity contribution < 1.29 is 65.9 Å². The fourth-order valence-electron chi connectivity index (χ4n) is 9.39. The molecule has 2 aromatic heterocycles. The van der Waals surface area contributed by atoms with Gasteiger partial charge in [0.15, 0.2) is 0 Å². The van der Waals surface area contributed by atoms with Crippen molar-refractivity contribution in [2.45, 2.75) is 30.9 Å². The maximum absolute atomic E-state index is 14.6. The number of para-hydroxylation sites is 2. The summed E-state index contributed by atoms with van der Waals surface area (Å²) in [4.78, 5) is 0. The van der Waals surface area contributed by atoms with Crippen molar-refractivity contribution in [3.8, 4) is 50.8 Å². The highest BCUT2D eigenvalue weighted by molar-refractivity contribution is 6.13. The van der Waals surface area contributed by atoms with Gasteiger partial charge in [0, 0.05) is 27.1 Å². The predicted molar refractivity (Wildman–Crippen MR) is 241 cm³/mol. The summed E-state index contributed by atoms with van der Waals surface area (Å²) in [5.74, 6) is 0. The van der Waals surface area contributed by atoms with Crippen molar-refractivity contribution in [2.24, 2.45) is 0 Å². The molecule has 0 N–H and O–H groups in total. The molecule has 362 valence electrons. The number of alkyl halides is 15. The topological polar surface area (TPSA) is 33.6 Å². The SMILES string of the molecule is N#Cc1cc(-n2c3ccccc3c3cc(-c4ccc(C(F)(F)F)cc4C(F)(F)F)ccc32)c(-c2cccc(C(F)(F)F)c2)c(-n2c3ccccc3c3cc(-c4ccc(C(F)(F)F)cc4C(F)(F)F)ccc32)c1. The maximum atomic E-state index is 14.6. The van der Waals surface area contributed by atoms with E-state index in [9.17, 15) is 71.1 Å². The lowest BCUT2D eigenvalue weighted by Crippen LogP contribution is -2.12. The van der Waals surface area contributed by atoms with E-state index in [1.54, 1.807) is 57.7 Å². The standard InChI is InChI=1S/C54H26F15N3/c55-50(56,57)32-7-5-6-31(22-32)49-47(71-43-10-3-1-8-37(43)39-23-29(12-18-45(39)71)35-16-14-33(51(58,59)60)25-41(35)53(64,65)66)20-28(27-70)21-48(49)72-44-11-4-2-9-38(44)40-24-30(13-19-46(40)72)36-17-15-34(52(61,62)63)26-42(36)54(67,68)69/h1-26H. The Kier molecular flexibility index (Phi) is 10.8. The highest BCUT2D eigenvalue weighted by Crippen LogP contribution is 2.48. The van der Waals surface area contributed by atoms with Gasteiger partial charge in [-0.05, 0) is 113 Å². The van der Waals surface area contributed by atoms with Crippen LogP contribution in [0.1, 0.15) is 33.4 Å². The first-order valence-electron chi connectivity index (χ1n) is 21.2. The lowest BCUT2D eigenvalue weighted by molar-refractivity contribution is -0.144. The summed E-state index contributed by atoms with van der Waals surface area (Å²) < 4.78 is 216. The van der Waals surface area contributed by atoms with Crippen LogP contribution in [0, 0.1) is 11.3 Å². The van der Waals surface area contributed by atoms with Crippen LogP contribution in [-0.4, -0.2) is 9.13 Å². The number of nitrogens with zero attached hydrogens (tertiary/aromatic N) is 3. The molecule has 0 amide bonds. The molecule has 0 atom stereocenters. The maximum Gasteiger partial charge on any atom is 0.417 e. The van der Waals surface area contributed by atoms with E-state index >= 15 is 0 Å². The number of rotatable bonds is 5. The van der Waals surface area contributed by atoms with Crippen LogP contribution in [0.3, 0.4) is 0 Å². The van der Waals surface area contributed by atoms with Gasteiger partial charge in [0.2, 0.25) is 0 Å². The minimum absolute atomic E-state index is 0.0169. The molecule has 0 aliphatic rings. The number of hydrogen-bond donors (Lipinski definition) is 0. The molecule has 2 heterocycles. The van der Waals surface area contributed by atoms with Crippen LogP contribution in [-0.2, 0) is 30.9 Å². The average Bonchev–Trinajstić information content (AvgIpc) is 3.84. The first-order chi connectivity index (χ1) is 33.8. The molecular formula is C54H26F15N3. The third kappa shape index (κ3) is 8.11. The second-order valence-electron chi connectivity index (χ2n) is 16.8. The summed E-state index contributed by atoms with van der Waals surface area (Å²) in [6, 6.07) is 32.5. The Hall–Kier alpha value is -8.20. The lowest BCUT2D eigenvalue weighted by Gasteiger charge is -2.21. The molecule has 8 aromatic carbocycles. The number of benzene rings is 8. The number of nitriles is 1. The van der Waals surface area contributed by atoms with E-state index in [4.69, 9.17) is 0 Å². The lowest BCUT2D eigenvalue weighted by atomic mass is 9.95. The first kappa shape index (κ1) is 47.5. The average molecular weight is 1000 g/mol. The fraction of sp³-hybridized carbons (Fsp3) is 0.0926. The minimum atomic E-state index is -5.23. The number of hydrogen-bond acceptors (Lipinski definition) is 1. The van der Waals surface area contributed by atoms with Crippen LogP contribution in [0.25, 0.3) is 88.4 Å². The van der Waals surface area contributed by atoms with Gasteiger partial charge in [-0.15, -0.1) is 0 Å². The third-order valence-corrected chi connectivity index (χ3v) is 12.5. The summed E-state index contributed by atoms with van der Waals surface area (Å²) in [6.45, 7) is 0. The van der Waals surface area contributed by atoms with Gasteiger partial charge in [-0.25, -0.2) is 0 Å². The summed E-state index contributed by atoms with van der Waals surface area (Å²) in [5.41, 5.74) is -7.35. The third-order valence-electron chi connectivity index (χ3n) is 12.5. The Bertz CT molecular complexity index is 3660. The summed E-state index contributed by atoms with van der Waals surface area (Å²) in [7, 11) is 0. The monoisotopic (exact) mass is 1000 g/mol. The quantitative estimate of drug-likeness (QED) is 0.158. The van der Waals surface area contributed by atoms with Crippen molar-refractivity contribution in [1.29, 1.82) is 5.26 Å². The van der Waals surface area contributed by atoms with Gasteiger partial charge >= 0.3 is 30.9 Å². The number of fused-ring (bicyclic) bond motifs is 6. The Balaban J connectivity index is 1.28. The van der Waals surface area contributed by atoms with Gasteiger partial charge in [-0.3, -0.25) is 0 Å². The molecular weight excluding hydrogens is 976 g/mol. The molecule has 18 heteroatoms. The molecule has 0 unspecified atom stereocenters. The summed E-state index contributed by atoms with van der Waals surface area (Å²) in [5, 5.41) is 12.0. The zero-order chi connectivity index (χ0) is 51.4. The van der Waals surface area contributed by atoms with Gasteiger partial charge in [0.25, 0.3) is 0 Å². The molecule has 0 saturated carbocycles. The summed E-state index contributed by atoms with van der Waals surface area (Å²) in [6.07, 6.45) is -25.5. The van der Waals surface area contributed by atoms with Crippen LogP contribution in [0.4, 0.5) is 65.9 Å². The van der Waals surface area contributed by atoms with Crippen molar-refractivity contribution >= 4 is 43.6 Å². The van der Waals surface area contributed by atoms with E-state index < -0.39 is 69.8 Å². The van der Waals surface area contributed by atoms with Gasteiger partial charge < -0.3 is 9.13 Å². The predicted octanol–water partition coefficient (Wildman–Crippen LogP) is 17.8. The number of aromatic nitrogens is 2. The molecule has 0 radical (unpaired) electrons. The molecule has 0 saturated heterocycles. The van der Waals surface area contributed by atoms with Crippen molar-refractivity contribution in [1.82, 2.24) is 9.13 Å². The minimum Gasteiger partial charge on any atom is -0.308 e. The van der Waals surface area contributed by atoms with Gasteiger partial charge in [-0.2, -0.15) is 71.1 Å². The smallest absolute Gasteiger partial charge is 0.308 e. The van der Waals surface area contributed by atoms with Crippen molar-refractivity contribution in [3.63, 3.8) is 0 Å². The van der Waals surface area contributed by atoms with Crippen molar-refractivity contribution in [2.75, 3.05) is 0 Å². The zero-order valence-electron chi connectivity index (χ0n) is 36.0. The molecule has 10 aromatic rings. The second-order valence-corrected chi connectivity index (χ2v) is 16.8. The Morgan fingerprint density at radius 1 is 0.333 bits per heavy atom. The molecule has 10 rings (SSSR count). The molecule has 72 heavy (non-hydrogen) atoms. The largest absolute Gasteiger partial charge is 0.417 e. The fourth-order valence-corrected chi connectivity index (χ4v) is 9.39. The van der Waals surface area contributed by atoms with Gasteiger partial charge in [-0.1, -0.05) is 72.8 Å². The van der Waals surface area contributed by atoms with Crippen LogP contribution in [0.5, 0.6) is 0 Å². The van der Waals surface area contributed by atoms with Crippen LogP contribution >= 0.6 is 0 Å². The normalized spacial score (nSPS) is 12.9. The van der Waals surface area contributed by atoms with E-state index in [0.29, 0.717) is 46.1 Å². The Morgan fingerprint density at radius 3 is 1.14 bits per heavy atom. The molecule has 3 nitrogen and oxygen atoms in total. The van der Waals surface area contributed by atoms with E-state index in [1.165, 1.54) is 54.6 Å². The van der Waals surface area contributed by atoms with Crippen LogP contribution < -0.4 is 0 Å². The molecule has 0 bridgehead atoms. The number of halogens is 15. The van der Waals surface area contributed by atoms with E-state index in [-0.39, 0.29) is 73.1 Å². The van der Waals surface area contributed by atoms with Gasteiger partial charge in [0.1, 0.15) is 0 Å². The van der Waals surface area contributed by atoms with E-state index in [1.807, 2.05) is 0 Å². The second kappa shape index (κ2) is 16.4.